The molecule has 0 radical (unpaired) electrons. The molecule has 1 N–H and O–H groups in total. The van der Waals surface area contributed by atoms with Gasteiger partial charge in [0.25, 0.3) is 11.8 Å². The number of nitrogens with zero attached hydrogens (tertiary/aromatic N) is 3. The minimum absolute atomic E-state index is 0.0621. The summed E-state index contributed by atoms with van der Waals surface area (Å²) < 4.78 is 0. The fraction of sp³-hybridized carbons (Fsp3) is 0.500. The van der Waals surface area contributed by atoms with Crippen LogP contribution in [0.25, 0.3) is 0 Å². The molecule has 0 atom stereocenters. The van der Waals surface area contributed by atoms with E-state index in [1.807, 2.05) is 23.1 Å². The molecule has 2 aromatic carbocycles. The molecule has 0 spiro atoms. The SMILES string of the molecule is O=C(NC1CCN(c2ccccc2C(=O)N2CCN(C3CCCC3)CC2)CC1)c1ccc(Cl)cc1Cl. The Kier molecular flexibility index (Phi) is 8.04. The fourth-order valence-electron chi connectivity index (χ4n) is 5.86. The first-order chi connectivity index (χ1) is 17.5. The second-order valence-corrected chi connectivity index (χ2v) is 11.0. The number of nitrogens with one attached hydrogen (secondary N) is 1. The molecule has 2 aromatic rings. The first-order valence-electron chi connectivity index (χ1n) is 13.1. The van der Waals surface area contributed by atoms with Crippen molar-refractivity contribution in [2.75, 3.05) is 44.2 Å². The lowest BCUT2D eigenvalue weighted by atomic mass is 10.0. The van der Waals surface area contributed by atoms with E-state index >= 15 is 0 Å². The molecule has 0 unspecified atom stereocenters. The van der Waals surface area contributed by atoms with Crippen molar-refractivity contribution in [2.45, 2.75) is 50.6 Å². The second-order valence-electron chi connectivity index (χ2n) is 10.1. The van der Waals surface area contributed by atoms with Gasteiger partial charge in [-0.25, -0.2) is 0 Å². The van der Waals surface area contributed by atoms with Gasteiger partial charge in [0.15, 0.2) is 0 Å². The molecule has 3 aliphatic rings. The summed E-state index contributed by atoms with van der Waals surface area (Å²) in [5.41, 5.74) is 2.21. The van der Waals surface area contributed by atoms with Gasteiger partial charge in [-0.2, -0.15) is 0 Å². The van der Waals surface area contributed by atoms with Crippen molar-refractivity contribution in [3.05, 3.63) is 63.6 Å². The van der Waals surface area contributed by atoms with Crippen LogP contribution in [0.3, 0.4) is 0 Å². The monoisotopic (exact) mass is 528 g/mol. The number of piperazine rings is 1. The molecule has 0 aromatic heterocycles. The lowest BCUT2D eigenvalue weighted by Gasteiger charge is -2.39. The van der Waals surface area contributed by atoms with Crippen molar-refractivity contribution in [3.8, 4) is 0 Å². The maximum atomic E-state index is 13.5. The zero-order valence-electron chi connectivity index (χ0n) is 20.6. The molecule has 2 aliphatic heterocycles. The maximum Gasteiger partial charge on any atom is 0.256 e. The molecule has 1 aliphatic carbocycles. The molecule has 0 bridgehead atoms. The zero-order chi connectivity index (χ0) is 25.1. The van der Waals surface area contributed by atoms with Crippen molar-refractivity contribution in [1.29, 1.82) is 0 Å². The minimum Gasteiger partial charge on any atom is -0.371 e. The number of halogens is 2. The average molecular weight is 530 g/mol. The highest BCUT2D eigenvalue weighted by Gasteiger charge is 2.30. The summed E-state index contributed by atoms with van der Waals surface area (Å²) >= 11 is 12.2. The van der Waals surface area contributed by atoms with Gasteiger partial charge < -0.3 is 15.1 Å². The molecule has 5 rings (SSSR count). The number of amides is 2. The summed E-state index contributed by atoms with van der Waals surface area (Å²) in [5, 5.41) is 3.97. The zero-order valence-corrected chi connectivity index (χ0v) is 22.1. The van der Waals surface area contributed by atoms with E-state index in [1.165, 1.54) is 25.7 Å². The lowest BCUT2D eigenvalue weighted by Crippen LogP contribution is -2.51. The molecular weight excluding hydrogens is 495 g/mol. The van der Waals surface area contributed by atoms with Crippen molar-refractivity contribution in [3.63, 3.8) is 0 Å². The van der Waals surface area contributed by atoms with E-state index < -0.39 is 0 Å². The van der Waals surface area contributed by atoms with Crippen LogP contribution in [0, 0.1) is 0 Å². The topological polar surface area (TPSA) is 55.9 Å². The minimum atomic E-state index is -0.178. The number of carbonyl (C=O) groups excluding carboxylic acids is 2. The summed E-state index contributed by atoms with van der Waals surface area (Å²) in [4.78, 5) is 33.1. The van der Waals surface area contributed by atoms with Crippen LogP contribution >= 0.6 is 23.2 Å². The quantitative estimate of drug-likeness (QED) is 0.586. The molecular formula is C28H34Cl2N4O2. The number of benzene rings is 2. The molecule has 192 valence electrons. The van der Waals surface area contributed by atoms with E-state index in [0.717, 1.165) is 63.4 Å². The van der Waals surface area contributed by atoms with Crippen LogP contribution in [0.15, 0.2) is 42.5 Å². The van der Waals surface area contributed by atoms with E-state index in [4.69, 9.17) is 23.2 Å². The third-order valence-electron chi connectivity index (χ3n) is 7.92. The third-order valence-corrected chi connectivity index (χ3v) is 8.47. The van der Waals surface area contributed by atoms with Crippen LogP contribution in [0.2, 0.25) is 10.0 Å². The largest absolute Gasteiger partial charge is 0.371 e. The predicted octanol–water partition coefficient (Wildman–Crippen LogP) is 5.09. The molecule has 2 heterocycles. The Morgan fingerprint density at radius 3 is 2.19 bits per heavy atom. The van der Waals surface area contributed by atoms with Gasteiger partial charge in [0.05, 0.1) is 16.1 Å². The van der Waals surface area contributed by atoms with Crippen LogP contribution in [-0.2, 0) is 0 Å². The van der Waals surface area contributed by atoms with Gasteiger partial charge >= 0.3 is 0 Å². The Morgan fingerprint density at radius 1 is 0.806 bits per heavy atom. The Balaban J connectivity index is 1.18. The van der Waals surface area contributed by atoms with Crippen LogP contribution in [0.5, 0.6) is 0 Å². The second kappa shape index (κ2) is 11.4. The number of para-hydroxylation sites is 1. The Hall–Kier alpha value is -2.28. The Morgan fingerprint density at radius 2 is 1.50 bits per heavy atom. The van der Waals surface area contributed by atoms with E-state index in [2.05, 4.69) is 21.2 Å². The molecule has 36 heavy (non-hydrogen) atoms. The summed E-state index contributed by atoms with van der Waals surface area (Å²) in [7, 11) is 0. The van der Waals surface area contributed by atoms with Crippen molar-refractivity contribution < 1.29 is 9.59 Å². The van der Waals surface area contributed by atoms with Crippen LogP contribution in [-0.4, -0.2) is 73.0 Å². The summed E-state index contributed by atoms with van der Waals surface area (Å²) in [6.07, 6.45) is 6.90. The summed E-state index contributed by atoms with van der Waals surface area (Å²) in [5.74, 6) is -0.0491. The van der Waals surface area contributed by atoms with E-state index in [0.29, 0.717) is 21.7 Å². The highest BCUT2D eigenvalue weighted by molar-refractivity contribution is 6.36. The first-order valence-corrected chi connectivity index (χ1v) is 13.9. The maximum absolute atomic E-state index is 13.5. The molecule has 2 saturated heterocycles. The summed E-state index contributed by atoms with van der Waals surface area (Å²) in [6, 6.07) is 13.7. The van der Waals surface area contributed by atoms with Crippen molar-refractivity contribution in [2.24, 2.45) is 0 Å². The average Bonchev–Trinajstić information content (AvgIpc) is 3.44. The van der Waals surface area contributed by atoms with E-state index in [-0.39, 0.29) is 17.9 Å². The number of hydrogen-bond acceptors (Lipinski definition) is 4. The summed E-state index contributed by atoms with van der Waals surface area (Å²) in [6.45, 7) is 5.09. The van der Waals surface area contributed by atoms with Crippen molar-refractivity contribution >= 4 is 40.7 Å². The molecule has 6 nitrogen and oxygen atoms in total. The smallest absolute Gasteiger partial charge is 0.256 e. The fourth-order valence-corrected chi connectivity index (χ4v) is 6.36. The van der Waals surface area contributed by atoms with Crippen LogP contribution < -0.4 is 10.2 Å². The molecule has 8 heteroatoms. The van der Waals surface area contributed by atoms with Gasteiger partial charge in [0, 0.05) is 62.1 Å². The molecule has 3 fully saturated rings. The van der Waals surface area contributed by atoms with Gasteiger partial charge in [-0.1, -0.05) is 48.2 Å². The number of hydrogen-bond donors (Lipinski definition) is 1. The van der Waals surface area contributed by atoms with E-state index in [1.54, 1.807) is 18.2 Å². The number of piperidine rings is 1. The van der Waals surface area contributed by atoms with Gasteiger partial charge in [0.1, 0.15) is 0 Å². The first kappa shape index (κ1) is 25.4. The Labute approximate surface area is 223 Å². The van der Waals surface area contributed by atoms with Crippen LogP contribution in [0.4, 0.5) is 5.69 Å². The number of rotatable bonds is 5. The van der Waals surface area contributed by atoms with Gasteiger partial charge in [0.2, 0.25) is 0 Å². The Bertz CT molecular complexity index is 1090. The molecule has 1 saturated carbocycles. The van der Waals surface area contributed by atoms with Gasteiger partial charge in [-0.15, -0.1) is 0 Å². The van der Waals surface area contributed by atoms with Crippen molar-refractivity contribution in [1.82, 2.24) is 15.1 Å². The predicted molar refractivity (Wildman–Crippen MR) is 145 cm³/mol. The van der Waals surface area contributed by atoms with Gasteiger partial charge in [-0.05, 0) is 56.0 Å². The molecule has 2 amide bonds. The number of carbonyl (C=O) groups is 2. The lowest BCUT2D eigenvalue weighted by molar-refractivity contribution is 0.0574. The number of anilines is 1. The van der Waals surface area contributed by atoms with Gasteiger partial charge in [-0.3, -0.25) is 14.5 Å². The van der Waals surface area contributed by atoms with E-state index in [9.17, 15) is 9.59 Å². The normalized spacial score (nSPS) is 20.1. The highest BCUT2D eigenvalue weighted by Crippen LogP contribution is 2.28. The van der Waals surface area contributed by atoms with Crippen LogP contribution in [0.1, 0.15) is 59.2 Å². The highest BCUT2D eigenvalue weighted by atomic mass is 35.5. The standard InChI is InChI=1S/C28H34Cl2N4O2/c29-20-9-10-23(25(30)19-20)27(35)31-21-11-13-33(14-12-21)26-8-4-3-7-24(26)28(36)34-17-15-32(16-18-34)22-5-1-2-6-22/h3-4,7-10,19,21-22H,1-2,5-6,11-18H2,(H,31,35). The third kappa shape index (κ3) is 5.66.